The zero-order valence-corrected chi connectivity index (χ0v) is 14.1. The maximum Gasteiger partial charge on any atom is 0.255 e. The SMILES string of the molecule is O=C(Nc1ccc2c3c(c(=O)[nH]c2c1)CCC3)c1ccc2cc[nH]c2c1. The molecule has 1 aliphatic rings. The predicted octanol–water partition coefficient (Wildman–Crippen LogP) is 3.75. The van der Waals surface area contributed by atoms with E-state index in [1.807, 2.05) is 42.6 Å². The summed E-state index contributed by atoms with van der Waals surface area (Å²) >= 11 is 0. The molecule has 2 aromatic heterocycles. The summed E-state index contributed by atoms with van der Waals surface area (Å²) in [5, 5.41) is 5.06. The first kappa shape index (κ1) is 15.0. The van der Waals surface area contributed by atoms with E-state index in [1.54, 1.807) is 6.07 Å². The summed E-state index contributed by atoms with van der Waals surface area (Å²) < 4.78 is 0. The third-order valence-electron chi connectivity index (χ3n) is 5.16. The molecule has 0 atom stereocenters. The second kappa shape index (κ2) is 5.59. The maximum atomic E-state index is 12.6. The Morgan fingerprint density at radius 1 is 0.962 bits per heavy atom. The molecule has 3 N–H and O–H groups in total. The normalized spacial score (nSPS) is 13.2. The number of nitrogens with one attached hydrogen (secondary N) is 3. The molecule has 5 heteroatoms. The summed E-state index contributed by atoms with van der Waals surface area (Å²) in [5.41, 5.74) is 5.01. The molecule has 1 aliphatic carbocycles. The predicted molar refractivity (Wildman–Crippen MR) is 103 cm³/mol. The first-order valence-corrected chi connectivity index (χ1v) is 8.75. The number of aryl methyl sites for hydroxylation is 1. The lowest BCUT2D eigenvalue weighted by atomic mass is 10.1. The van der Waals surface area contributed by atoms with Crippen LogP contribution in [-0.2, 0) is 12.8 Å². The molecule has 2 heterocycles. The van der Waals surface area contributed by atoms with Crippen LogP contribution in [0.15, 0.2) is 53.5 Å². The van der Waals surface area contributed by atoms with Crippen LogP contribution in [0.4, 0.5) is 5.69 Å². The first-order valence-electron chi connectivity index (χ1n) is 8.75. The van der Waals surface area contributed by atoms with Gasteiger partial charge in [-0.25, -0.2) is 0 Å². The Morgan fingerprint density at radius 3 is 2.77 bits per heavy atom. The minimum absolute atomic E-state index is 0.00864. The van der Waals surface area contributed by atoms with Gasteiger partial charge in [0.15, 0.2) is 0 Å². The number of fused-ring (bicyclic) bond motifs is 4. The molecule has 1 amide bonds. The monoisotopic (exact) mass is 343 g/mol. The van der Waals surface area contributed by atoms with Crippen molar-refractivity contribution in [3.63, 3.8) is 0 Å². The van der Waals surface area contributed by atoms with Crippen molar-refractivity contribution < 1.29 is 4.79 Å². The lowest BCUT2D eigenvalue weighted by molar-refractivity contribution is 0.102. The van der Waals surface area contributed by atoms with E-state index in [9.17, 15) is 9.59 Å². The van der Waals surface area contributed by atoms with Crippen LogP contribution in [0.5, 0.6) is 0 Å². The molecule has 128 valence electrons. The van der Waals surface area contributed by atoms with Crippen molar-refractivity contribution in [2.24, 2.45) is 0 Å². The highest BCUT2D eigenvalue weighted by molar-refractivity contribution is 6.06. The van der Waals surface area contributed by atoms with Gasteiger partial charge in [-0.3, -0.25) is 9.59 Å². The lowest BCUT2D eigenvalue weighted by Crippen LogP contribution is -2.14. The summed E-state index contributed by atoms with van der Waals surface area (Å²) in [6.45, 7) is 0. The second-order valence-electron chi connectivity index (χ2n) is 6.76. The number of carbonyl (C=O) groups is 1. The largest absolute Gasteiger partial charge is 0.361 e. The van der Waals surface area contributed by atoms with Crippen molar-refractivity contribution in [3.05, 3.63) is 75.7 Å². The minimum atomic E-state index is -0.177. The number of pyridine rings is 1. The molecular formula is C21H17N3O2. The van der Waals surface area contributed by atoms with Crippen LogP contribution < -0.4 is 10.9 Å². The maximum absolute atomic E-state index is 12.6. The lowest BCUT2D eigenvalue weighted by Gasteiger charge is -2.09. The van der Waals surface area contributed by atoms with Crippen LogP contribution >= 0.6 is 0 Å². The van der Waals surface area contributed by atoms with E-state index < -0.39 is 0 Å². The molecule has 4 aromatic rings. The van der Waals surface area contributed by atoms with Gasteiger partial charge < -0.3 is 15.3 Å². The minimum Gasteiger partial charge on any atom is -0.361 e. The van der Waals surface area contributed by atoms with E-state index in [2.05, 4.69) is 15.3 Å². The Kier molecular flexibility index (Phi) is 3.22. The summed E-state index contributed by atoms with van der Waals surface area (Å²) in [6.07, 6.45) is 4.67. The van der Waals surface area contributed by atoms with Gasteiger partial charge in [-0.2, -0.15) is 0 Å². The Morgan fingerprint density at radius 2 is 1.85 bits per heavy atom. The van der Waals surface area contributed by atoms with E-state index in [0.717, 1.165) is 52.2 Å². The van der Waals surface area contributed by atoms with E-state index >= 15 is 0 Å². The highest BCUT2D eigenvalue weighted by Gasteiger charge is 2.18. The number of carbonyl (C=O) groups excluding carboxylic acids is 1. The molecule has 2 aromatic carbocycles. The summed E-state index contributed by atoms with van der Waals surface area (Å²) in [6, 6.07) is 13.2. The average molecular weight is 343 g/mol. The molecule has 0 spiro atoms. The average Bonchev–Trinajstić information content (AvgIpc) is 3.30. The van der Waals surface area contributed by atoms with E-state index in [1.165, 1.54) is 0 Å². The molecule has 0 radical (unpaired) electrons. The molecule has 0 unspecified atom stereocenters. The molecule has 0 bridgehead atoms. The number of hydrogen-bond donors (Lipinski definition) is 3. The van der Waals surface area contributed by atoms with Crippen molar-refractivity contribution in [1.82, 2.24) is 9.97 Å². The highest BCUT2D eigenvalue weighted by Crippen LogP contribution is 2.28. The third-order valence-corrected chi connectivity index (χ3v) is 5.16. The van der Waals surface area contributed by atoms with Crippen LogP contribution in [0.2, 0.25) is 0 Å². The van der Waals surface area contributed by atoms with Crippen LogP contribution in [0.3, 0.4) is 0 Å². The van der Waals surface area contributed by atoms with Gasteiger partial charge in [0.1, 0.15) is 0 Å². The molecule has 0 saturated heterocycles. The Bertz CT molecular complexity index is 1230. The van der Waals surface area contributed by atoms with Crippen LogP contribution in [0, 0.1) is 0 Å². The highest BCUT2D eigenvalue weighted by atomic mass is 16.1. The summed E-state index contributed by atoms with van der Waals surface area (Å²) in [5.74, 6) is -0.177. The number of aromatic amines is 2. The molecule has 0 saturated carbocycles. The Balaban J connectivity index is 1.50. The van der Waals surface area contributed by atoms with Crippen LogP contribution in [0.25, 0.3) is 21.8 Å². The molecule has 5 rings (SSSR count). The van der Waals surface area contributed by atoms with Gasteiger partial charge in [-0.05, 0) is 60.5 Å². The molecular weight excluding hydrogens is 326 g/mol. The fourth-order valence-corrected chi connectivity index (χ4v) is 3.87. The van der Waals surface area contributed by atoms with E-state index in [4.69, 9.17) is 0 Å². The summed E-state index contributed by atoms with van der Waals surface area (Å²) in [4.78, 5) is 30.9. The van der Waals surface area contributed by atoms with Gasteiger partial charge in [0, 0.05) is 33.9 Å². The van der Waals surface area contributed by atoms with Crippen LogP contribution in [-0.4, -0.2) is 15.9 Å². The Labute approximate surface area is 149 Å². The van der Waals surface area contributed by atoms with Gasteiger partial charge in [0.25, 0.3) is 11.5 Å². The zero-order chi connectivity index (χ0) is 17.7. The van der Waals surface area contributed by atoms with Crippen molar-refractivity contribution in [1.29, 1.82) is 0 Å². The number of benzene rings is 2. The first-order chi connectivity index (χ1) is 12.7. The number of aromatic nitrogens is 2. The van der Waals surface area contributed by atoms with E-state index in [0.29, 0.717) is 11.3 Å². The van der Waals surface area contributed by atoms with Crippen molar-refractivity contribution in [2.75, 3.05) is 5.32 Å². The number of H-pyrrole nitrogens is 2. The number of hydrogen-bond acceptors (Lipinski definition) is 2. The van der Waals surface area contributed by atoms with Crippen molar-refractivity contribution >= 4 is 33.4 Å². The molecule has 0 aliphatic heterocycles. The van der Waals surface area contributed by atoms with Gasteiger partial charge in [0.05, 0.1) is 5.52 Å². The number of rotatable bonds is 2. The fraction of sp³-hybridized carbons (Fsp3) is 0.143. The topological polar surface area (TPSA) is 77.8 Å². The zero-order valence-electron chi connectivity index (χ0n) is 14.1. The van der Waals surface area contributed by atoms with Gasteiger partial charge in [0.2, 0.25) is 0 Å². The van der Waals surface area contributed by atoms with Crippen molar-refractivity contribution in [3.8, 4) is 0 Å². The van der Waals surface area contributed by atoms with Gasteiger partial charge in [-0.1, -0.05) is 12.1 Å². The smallest absolute Gasteiger partial charge is 0.255 e. The Hall–Kier alpha value is -3.34. The van der Waals surface area contributed by atoms with E-state index in [-0.39, 0.29) is 11.5 Å². The summed E-state index contributed by atoms with van der Waals surface area (Å²) in [7, 11) is 0. The molecule has 0 fully saturated rings. The molecule has 26 heavy (non-hydrogen) atoms. The quantitative estimate of drug-likeness (QED) is 0.518. The van der Waals surface area contributed by atoms with Crippen LogP contribution in [0.1, 0.15) is 27.9 Å². The van der Waals surface area contributed by atoms with Gasteiger partial charge >= 0.3 is 0 Å². The third kappa shape index (κ3) is 2.32. The molecule has 5 nitrogen and oxygen atoms in total. The number of amides is 1. The second-order valence-corrected chi connectivity index (χ2v) is 6.76. The fourth-order valence-electron chi connectivity index (χ4n) is 3.87. The standard InChI is InChI=1S/C21H17N3O2/c25-20(13-5-4-12-8-9-22-18(12)10-13)23-14-6-7-16-15-2-1-3-17(15)21(26)24-19(16)11-14/h4-11,22H,1-3H2,(H,23,25)(H,24,26). The van der Waals surface area contributed by atoms with Gasteiger partial charge in [-0.15, -0.1) is 0 Å². The number of anilines is 1. The van der Waals surface area contributed by atoms with Crippen molar-refractivity contribution in [2.45, 2.75) is 19.3 Å².